The van der Waals surface area contributed by atoms with Crippen molar-refractivity contribution in [1.29, 1.82) is 0 Å². The van der Waals surface area contributed by atoms with Gasteiger partial charge in [-0.3, -0.25) is 4.99 Å². The van der Waals surface area contributed by atoms with E-state index in [-0.39, 0.29) is 0 Å². The van der Waals surface area contributed by atoms with E-state index in [4.69, 9.17) is 9.47 Å². The number of benzene rings is 3. The van der Waals surface area contributed by atoms with Crippen LogP contribution >= 0.6 is 15.9 Å². The first-order valence-corrected chi connectivity index (χ1v) is 9.35. The molecule has 0 aliphatic heterocycles. The van der Waals surface area contributed by atoms with Gasteiger partial charge in [0.1, 0.15) is 11.5 Å². The second-order valence-corrected chi connectivity index (χ2v) is 6.75. The van der Waals surface area contributed by atoms with Gasteiger partial charge >= 0.3 is 5.97 Å². The summed E-state index contributed by atoms with van der Waals surface area (Å²) in [7, 11) is 1.62. The molecule has 0 unspecified atom stereocenters. The van der Waals surface area contributed by atoms with Crippen LogP contribution in [0.4, 0.5) is 5.69 Å². The average Bonchev–Trinajstić information content (AvgIpc) is 2.73. The molecule has 0 amide bonds. The Morgan fingerprint density at radius 2 is 1.64 bits per heavy atom. The minimum Gasteiger partial charge on any atom is -0.497 e. The monoisotopic (exact) mass is 435 g/mol. The lowest BCUT2D eigenvalue weighted by Crippen LogP contribution is -2.03. The van der Waals surface area contributed by atoms with Gasteiger partial charge in [-0.25, -0.2) is 4.79 Å². The quantitative estimate of drug-likeness (QED) is 0.212. The third-order valence-corrected chi connectivity index (χ3v) is 4.33. The van der Waals surface area contributed by atoms with Gasteiger partial charge in [-0.15, -0.1) is 0 Å². The topological polar surface area (TPSA) is 47.9 Å². The van der Waals surface area contributed by atoms with Crippen LogP contribution in [0.25, 0.3) is 6.08 Å². The number of rotatable bonds is 6. The summed E-state index contributed by atoms with van der Waals surface area (Å²) in [5, 5.41) is 0. The highest BCUT2D eigenvalue weighted by molar-refractivity contribution is 9.10. The van der Waals surface area contributed by atoms with Crippen molar-refractivity contribution in [1.82, 2.24) is 0 Å². The Bertz CT molecular complexity index is 993. The van der Waals surface area contributed by atoms with Crippen LogP contribution in [0, 0.1) is 0 Å². The first-order valence-electron chi connectivity index (χ1n) is 8.56. The number of carbonyl (C=O) groups is 1. The fraction of sp³-hybridized carbons (Fsp3) is 0.0435. The number of methoxy groups -OCH3 is 1. The van der Waals surface area contributed by atoms with E-state index in [9.17, 15) is 4.79 Å². The normalized spacial score (nSPS) is 11.1. The van der Waals surface area contributed by atoms with Gasteiger partial charge in [-0.1, -0.05) is 34.1 Å². The summed E-state index contributed by atoms with van der Waals surface area (Å²) in [5.74, 6) is 0.804. The Morgan fingerprint density at radius 3 is 2.36 bits per heavy atom. The number of hydrogen-bond acceptors (Lipinski definition) is 4. The highest BCUT2D eigenvalue weighted by Gasteiger charge is 2.01. The molecular formula is C23H18BrNO3. The van der Waals surface area contributed by atoms with Crippen LogP contribution < -0.4 is 9.47 Å². The van der Waals surface area contributed by atoms with Crippen LogP contribution in [0.2, 0.25) is 0 Å². The van der Waals surface area contributed by atoms with Crippen molar-refractivity contribution < 1.29 is 14.3 Å². The molecule has 0 heterocycles. The number of nitrogens with zero attached hydrogens (tertiary/aromatic N) is 1. The minimum atomic E-state index is -0.430. The number of aliphatic imine (C=N–C) groups is 1. The summed E-state index contributed by atoms with van der Waals surface area (Å²) >= 11 is 3.38. The zero-order chi connectivity index (χ0) is 19.8. The van der Waals surface area contributed by atoms with Crippen LogP contribution in [0.5, 0.6) is 11.5 Å². The molecule has 0 saturated heterocycles. The molecule has 0 bridgehead atoms. The predicted octanol–water partition coefficient (Wildman–Crippen LogP) is 5.83. The molecule has 0 aromatic heterocycles. The summed E-state index contributed by atoms with van der Waals surface area (Å²) in [6.45, 7) is 0. The Labute approximate surface area is 172 Å². The van der Waals surface area contributed by atoms with E-state index in [2.05, 4.69) is 20.9 Å². The van der Waals surface area contributed by atoms with E-state index in [0.29, 0.717) is 5.75 Å². The molecule has 3 aromatic rings. The summed E-state index contributed by atoms with van der Waals surface area (Å²) in [6, 6.07) is 22.3. The molecule has 0 atom stereocenters. The molecule has 140 valence electrons. The van der Waals surface area contributed by atoms with Crippen molar-refractivity contribution in [2.24, 2.45) is 4.99 Å². The lowest BCUT2D eigenvalue weighted by molar-refractivity contribution is -0.128. The van der Waals surface area contributed by atoms with E-state index in [1.807, 2.05) is 60.7 Å². The van der Waals surface area contributed by atoms with E-state index >= 15 is 0 Å². The maximum atomic E-state index is 12.0. The predicted molar refractivity (Wildman–Crippen MR) is 116 cm³/mol. The maximum Gasteiger partial charge on any atom is 0.336 e. The van der Waals surface area contributed by atoms with Crippen molar-refractivity contribution in [3.63, 3.8) is 0 Å². The Morgan fingerprint density at radius 1 is 0.929 bits per heavy atom. The van der Waals surface area contributed by atoms with Gasteiger partial charge in [0.05, 0.1) is 12.8 Å². The standard InChI is InChI=1S/C23H18BrNO3/c1-27-22-4-2-3-20(15-22)25-16-18-7-12-21(13-8-18)28-23(26)14-9-17-5-10-19(24)11-6-17/h2-16H,1H3/b14-9+,25-16?. The van der Waals surface area contributed by atoms with Crippen LogP contribution in [0.15, 0.2) is 88.3 Å². The Hall–Kier alpha value is -3.18. The number of halogens is 1. The summed E-state index contributed by atoms with van der Waals surface area (Å²) in [6.07, 6.45) is 4.86. The van der Waals surface area contributed by atoms with Gasteiger partial charge in [0.25, 0.3) is 0 Å². The van der Waals surface area contributed by atoms with Crippen molar-refractivity contribution in [2.45, 2.75) is 0 Å². The van der Waals surface area contributed by atoms with Gasteiger partial charge in [-0.2, -0.15) is 0 Å². The van der Waals surface area contributed by atoms with Gasteiger partial charge in [0, 0.05) is 22.8 Å². The third kappa shape index (κ3) is 5.93. The zero-order valence-corrected chi connectivity index (χ0v) is 16.8. The number of esters is 1. The Kier molecular flexibility index (Phi) is 6.76. The highest BCUT2D eigenvalue weighted by Crippen LogP contribution is 2.20. The summed E-state index contributed by atoms with van der Waals surface area (Å²) in [4.78, 5) is 16.4. The molecule has 4 nitrogen and oxygen atoms in total. The summed E-state index contributed by atoms with van der Waals surface area (Å²) in [5.41, 5.74) is 2.62. The fourth-order valence-electron chi connectivity index (χ4n) is 2.35. The molecule has 5 heteroatoms. The number of hydrogen-bond donors (Lipinski definition) is 0. The maximum absolute atomic E-state index is 12.0. The number of carbonyl (C=O) groups excluding carboxylic acids is 1. The van der Waals surface area contributed by atoms with Crippen LogP contribution in [-0.4, -0.2) is 19.3 Å². The van der Waals surface area contributed by atoms with Crippen molar-refractivity contribution in [3.8, 4) is 11.5 Å². The van der Waals surface area contributed by atoms with Gasteiger partial charge < -0.3 is 9.47 Å². The smallest absolute Gasteiger partial charge is 0.336 e. The second-order valence-electron chi connectivity index (χ2n) is 5.83. The largest absolute Gasteiger partial charge is 0.497 e. The van der Waals surface area contributed by atoms with Crippen molar-refractivity contribution in [3.05, 3.63) is 94.5 Å². The lowest BCUT2D eigenvalue weighted by Gasteiger charge is -2.02. The van der Waals surface area contributed by atoms with Crippen molar-refractivity contribution >= 4 is 39.9 Å². The molecule has 0 radical (unpaired) electrons. The molecule has 0 spiro atoms. The number of ether oxygens (including phenoxy) is 2. The van der Waals surface area contributed by atoms with Gasteiger partial charge in [0.2, 0.25) is 0 Å². The molecule has 3 aromatic carbocycles. The molecule has 0 aliphatic carbocycles. The summed E-state index contributed by atoms with van der Waals surface area (Å²) < 4.78 is 11.5. The first-order chi connectivity index (χ1) is 13.6. The highest BCUT2D eigenvalue weighted by atomic mass is 79.9. The first kappa shape index (κ1) is 19.6. The SMILES string of the molecule is COc1cccc(N=Cc2ccc(OC(=O)/C=C/c3ccc(Br)cc3)cc2)c1. The molecule has 0 aliphatic rings. The lowest BCUT2D eigenvalue weighted by atomic mass is 10.2. The zero-order valence-electron chi connectivity index (χ0n) is 15.2. The molecule has 3 rings (SSSR count). The van der Waals surface area contributed by atoms with Crippen molar-refractivity contribution in [2.75, 3.05) is 7.11 Å². The molecular weight excluding hydrogens is 418 g/mol. The fourth-order valence-corrected chi connectivity index (χ4v) is 2.61. The molecule has 0 N–H and O–H groups in total. The van der Waals surface area contributed by atoms with Crippen LogP contribution in [0.1, 0.15) is 11.1 Å². The minimum absolute atomic E-state index is 0.430. The van der Waals surface area contributed by atoms with Gasteiger partial charge in [-0.05, 0) is 65.7 Å². The Balaban J connectivity index is 1.58. The van der Waals surface area contributed by atoms with Gasteiger partial charge in [0.15, 0.2) is 0 Å². The molecule has 0 saturated carbocycles. The third-order valence-electron chi connectivity index (χ3n) is 3.80. The van der Waals surface area contributed by atoms with E-state index in [1.54, 1.807) is 31.5 Å². The van der Waals surface area contributed by atoms with E-state index in [1.165, 1.54) is 6.08 Å². The molecule has 0 fully saturated rings. The average molecular weight is 436 g/mol. The molecule has 28 heavy (non-hydrogen) atoms. The van der Waals surface area contributed by atoms with E-state index < -0.39 is 5.97 Å². The van der Waals surface area contributed by atoms with Crippen LogP contribution in [-0.2, 0) is 4.79 Å². The van der Waals surface area contributed by atoms with E-state index in [0.717, 1.165) is 27.0 Å². The van der Waals surface area contributed by atoms with Crippen LogP contribution in [0.3, 0.4) is 0 Å². The second kappa shape index (κ2) is 9.67.